The number of amides is 1. The fourth-order valence-electron chi connectivity index (χ4n) is 2.52. The molecule has 0 saturated heterocycles. The van der Waals surface area contributed by atoms with Crippen molar-refractivity contribution < 1.29 is 15.0 Å². The van der Waals surface area contributed by atoms with Crippen molar-refractivity contribution in [2.75, 3.05) is 17.7 Å². The molecule has 0 saturated carbocycles. The van der Waals surface area contributed by atoms with Crippen LogP contribution in [0.15, 0.2) is 18.2 Å². The number of benzene rings is 1. The van der Waals surface area contributed by atoms with Crippen molar-refractivity contribution in [2.24, 2.45) is 5.73 Å². The number of halogens is 1. The summed E-state index contributed by atoms with van der Waals surface area (Å²) in [4.78, 5) is 21.2. The zero-order chi connectivity index (χ0) is 19.9. The number of aromatic nitrogens is 2. The number of nitrogens with zero attached hydrogens (tertiary/aromatic N) is 2. The van der Waals surface area contributed by atoms with E-state index in [1.54, 1.807) is 19.9 Å². The highest BCUT2D eigenvalue weighted by atomic mass is 35.5. The number of carbonyl (C=O) groups excluding carboxylic acids is 1. The Kier molecular flexibility index (Phi) is 4.85. The third-order valence-corrected chi connectivity index (χ3v) is 5.15. The van der Waals surface area contributed by atoms with Crippen LogP contribution in [0.1, 0.15) is 23.5 Å². The normalized spacial score (nSPS) is 11.7. The van der Waals surface area contributed by atoms with Gasteiger partial charge in [0.15, 0.2) is 0 Å². The Bertz CT molecular complexity index is 1030. The second-order valence-electron chi connectivity index (χ2n) is 6.65. The Morgan fingerprint density at radius 3 is 2.63 bits per heavy atom. The number of carbonyl (C=O) groups is 1. The fraction of sp³-hybridized carbons (Fsp3) is 0.235. The van der Waals surface area contributed by atoms with E-state index in [1.807, 2.05) is 0 Å². The molecule has 0 bridgehead atoms. The number of fused-ring (bicyclic) bond motifs is 1. The Balaban J connectivity index is 2.32. The molecule has 2 aromatic heterocycles. The smallest absolute Gasteiger partial charge is 0.260 e. The van der Waals surface area contributed by atoms with E-state index in [0.717, 1.165) is 11.3 Å². The minimum Gasteiger partial charge on any atom is -0.508 e. The van der Waals surface area contributed by atoms with Gasteiger partial charge in [-0.15, -0.1) is 11.3 Å². The molecule has 0 aliphatic rings. The number of phenols is 1. The number of phenolic OH excluding ortho intramolecular Hbond substituents is 1. The molecule has 10 heteroatoms. The third-order valence-electron chi connectivity index (χ3n) is 3.81. The van der Waals surface area contributed by atoms with Crippen LogP contribution in [-0.2, 0) is 0 Å². The van der Waals surface area contributed by atoms with E-state index < -0.39 is 11.4 Å². The van der Waals surface area contributed by atoms with Crippen molar-refractivity contribution in [2.45, 2.75) is 19.4 Å². The highest BCUT2D eigenvalue weighted by Crippen LogP contribution is 2.40. The maximum absolute atomic E-state index is 11.7. The number of aliphatic hydroxyl groups is 1. The average Bonchev–Trinajstić information content (AvgIpc) is 2.90. The second-order valence-corrected chi connectivity index (χ2v) is 8.09. The topological polar surface area (TPSA) is 147 Å². The maximum Gasteiger partial charge on any atom is 0.260 e. The van der Waals surface area contributed by atoms with Gasteiger partial charge in [-0.1, -0.05) is 11.6 Å². The van der Waals surface area contributed by atoms with Crippen molar-refractivity contribution >= 4 is 50.7 Å². The van der Waals surface area contributed by atoms with Gasteiger partial charge in [0.25, 0.3) is 5.91 Å². The quantitative estimate of drug-likeness (QED) is 0.436. The molecule has 27 heavy (non-hydrogen) atoms. The number of hydrogen-bond donors (Lipinski definition) is 5. The summed E-state index contributed by atoms with van der Waals surface area (Å²) in [5.41, 5.74) is 11.9. The van der Waals surface area contributed by atoms with Crippen molar-refractivity contribution in [3.8, 4) is 17.0 Å². The molecule has 0 fully saturated rings. The van der Waals surface area contributed by atoms with Gasteiger partial charge < -0.3 is 27.0 Å². The van der Waals surface area contributed by atoms with Gasteiger partial charge >= 0.3 is 0 Å². The van der Waals surface area contributed by atoms with E-state index >= 15 is 0 Å². The molecule has 2 heterocycles. The molecular formula is C17H18ClN5O3S. The van der Waals surface area contributed by atoms with Gasteiger partial charge in [0, 0.05) is 10.6 Å². The Morgan fingerprint density at radius 1 is 1.33 bits per heavy atom. The van der Waals surface area contributed by atoms with E-state index in [9.17, 15) is 15.0 Å². The number of nitrogens with two attached hydrogens (primary N) is 2. The van der Waals surface area contributed by atoms with E-state index in [0.29, 0.717) is 26.5 Å². The molecule has 8 nitrogen and oxygen atoms in total. The fourth-order valence-corrected chi connectivity index (χ4v) is 3.70. The van der Waals surface area contributed by atoms with Crippen LogP contribution in [0, 0.1) is 0 Å². The van der Waals surface area contributed by atoms with Crippen molar-refractivity contribution in [1.29, 1.82) is 0 Å². The van der Waals surface area contributed by atoms with Crippen molar-refractivity contribution in [1.82, 2.24) is 9.97 Å². The molecule has 7 N–H and O–H groups in total. The zero-order valence-electron chi connectivity index (χ0n) is 14.6. The lowest BCUT2D eigenvalue weighted by atomic mass is 10.1. The van der Waals surface area contributed by atoms with Crippen LogP contribution in [0.3, 0.4) is 0 Å². The van der Waals surface area contributed by atoms with Gasteiger partial charge in [-0.05, 0) is 32.0 Å². The number of rotatable bonds is 5. The van der Waals surface area contributed by atoms with Gasteiger partial charge in [-0.2, -0.15) is 0 Å². The number of nitrogens with one attached hydrogen (secondary N) is 1. The Hall–Kier alpha value is -2.62. The summed E-state index contributed by atoms with van der Waals surface area (Å²) in [6.45, 7) is 3.41. The summed E-state index contributed by atoms with van der Waals surface area (Å²) in [6.07, 6.45) is 0. The first-order valence-corrected chi connectivity index (χ1v) is 9.09. The molecule has 1 amide bonds. The van der Waals surface area contributed by atoms with Gasteiger partial charge in [0.1, 0.15) is 15.5 Å². The molecule has 142 valence electrons. The largest absolute Gasteiger partial charge is 0.508 e. The number of primary amides is 1. The lowest BCUT2D eigenvalue weighted by Gasteiger charge is -2.23. The van der Waals surface area contributed by atoms with Crippen molar-refractivity contribution in [3.05, 3.63) is 28.1 Å². The minimum atomic E-state index is -0.684. The zero-order valence-corrected chi connectivity index (χ0v) is 16.1. The van der Waals surface area contributed by atoms with Crippen LogP contribution in [0.5, 0.6) is 5.75 Å². The summed E-state index contributed by atoms with van der Waals surface area (Å²) in [5.74, 6) is -0.479. The Labute approximate surface area is 163 Å². The van der Waals surface area contributed by atoms with Crippen molar-refractivity contribution in [3.63, 3.8) is 0 Å². The molecule has 0 spiro atoms. The standard InChI is InChI=1S/C17H18ClN5O3S/c1-17(2,6-24)23-16-21-12(7-3-8(18)5-9(25)4-7)10-11(19)13(14(20)26)27-15(10)22-16/h3-5,24-25H,6,19H2,1-2H3,(H2,20,26)(H,21,22,23). The van der Waals surface area contributed by atoms with Crippen LogP contribution >= 0.6 is 22.9 Å². The van der Waals surface area contributed by atoms with Crippen LogP contribution in [-0.4, -0.2) is 38.2 Å². The highest BCUT2D eigenvalue weighted by molar-refractivity contribution is 7.21. The predicted molar refractivity (Wildman–Crippen MR) is 107 cm³/mol. The van der Waals surface area contributed by atoms with E-state index in [2.05, 4.69) is 15.3 Å². The number of thiophene rings is 1. The first-order chi connectivity index (χ1) is 12.6. The Morgan fingerprint density at radius 2 is 2.04 bits per heavy atom. The molecule has 0 aliphatic heterocycles. The lowest BCUT2D eigenvalue weighted by molar-refractivity contribution is 0.100. The molecule has 3 rings (SSSR count). The number of anilines is 2. The second kappa shape index (κ2) is 6.84. The first-order valence-electron chi connectivity index (χ1n) is 7.90. The predicted octanol–water partition coefficient (Wildman–Crippen LogP) is 2.58. The van der Waals surface area contributed by atoms with Gasteiger partial charge in [0.2, 0.25) is 5.95 Å². The average molecular weight is 408 g/mol. The first kappa shape index (κ1) is 19.2. The number of nitrogen functional groups attached to an aromatic ring is 1. The third kappa shape index (κ3) is 3.75. The molecule has 0 atom stereocenters. The van der Waals surface area contributed by atoms with Gasteiger partial charge in [0.05, 0.1) is 28.9 Å². The summed E-state index contributed by atoms with van der Waals surface area (Å²) in [5, 5.41) is 23.2. The van der Waals surface area contributed by atoms with Gasteiger partial charge in [-0.25, -0.2) is 9.97 Å². The van der Waals surface area contributed by atoms with Crippen LogP contribution in [0.2, 0.25) is 5.02 Å². The van der Waals surface area contributed by atoms with E-state index in [-0.39, 0.29) is 28.9 Å². The van der Waals surface area contributed by atoms with Crippen LogP contribution in [0.4, 0.5) is 11.6 Å². The molecule has 0 aliphatic carbocycles. The monoisotopic (exact) mass is 407 g/mol. The molecule has 1 aromatic carbocycles. The van der Waals surface area contributed by atoms with Gasteiger partial charge in [-0.3, -0.25) is 4.79 Å². The highest BCUT2D eigenvalue weighted by Gasteiger charge is 2.23. The summed E-state index contributed by atoms with van der Waals surface area (Å²) >= 11 is 7.11. The number of aromatic hydroxyl groups is 1. The molecule has 3 aromatic rings. The summed E-state index contributed by atoms with van der Waals surface area (Å²) in [6, 6.07) is 4.49. The van der Waals surface area contributed by atoms with E-state index in [1.165, 1.54) is 12.1 Å². The summed E-state index contributed by atoms with van der Waals surface area (Å²) in [7, 11) is 0. The lowest BCUT2D eigenvalue weighted by Crippen LogP contribution is -2.35. The summed E-state index contributed by atoms with van der Waals surface area (Å²) < 4.78 is 0. The molecule has 0 radical (unpaired) electrons. The molecular weight excluding hydrogens is 390 g/mol. The number of aliphatic hydroxyl groups excluding tert-OH is 1. The SMILES string of the molecule is CC(C)(CO)Nc1nc(-c2cc(O)cc(Cl)c2)c2c(N)c(C(N)=O)sc2n1. The number of hydrogen-bond acceptors (Lipinski definition) is 8. The van der Waals surface area contributed by atoms with Crippen LogP contribution in [0.25, 0.3) is 21.5 Å². The van der Waals surface area contributed by atoms with E-state index in [4.69, 9.17) is 23.1 Å². The van der Waals surface area contributed by atoms with Crippen LogP contribution < -0.4 is 16.8 Å². The minimum absolute atomic E-state index is 0.0432. The molecule has 0 unspecified atom stereocenters. The maximum atomic E-state index is 11.7.